The minimum absolute atomic E-state index is 0.00206. The Hall–Kier alpha value is -1.98. The van der Waals surface area contributed by atoms with E-state index in [1.165, 1.54) is 12.3 Å². The zero-order valence-corrected chi connectivity index (χ0v) is 11.1. The minimum Gasteiger partial charge on any atom is -0.481 e. The number of halogens is 1. The second kappa shape index (κ2) is 6.45. The molecule has 6 heteroatoms. The molecule has 1 aromatic heterocycles. The van der Waals surface area contributed by atoms with Crippen molar-refractivity contribution < 1.29 is 19.1 Å². The van der Waals surface area contributed by atoms with E-state index in [1.54, 1.807) is 4.90 Å². The highest BCUT2D eigenvalue weighted by Gasteiger charge is 2.29. The number of carbonyl (C=O) groups is 2. The van der Waals surface area contributed by atoms with Crippen molar-refractivity contribution in [3.63, 3.8) is 0 Å². The number of carboxylic acid groups (broad SMARTS) is 1. The lowest BCUT2D eigenvalue weighted by Crippen LogP contribution is -2.44. The Kier molecular flexibility index (Phi) is 4.65. The van der Waals surface area contributed by atoms with Crippen molar-refractivity contribution in [2.45, 2.75) is 38.1 Å². The van der Waals surface area contributed by atoms with Gasteiger partial charge in [0.2, 0.25) is 0 Å². The Bertz CT molecular complexity index is 507. The number of carbonyl (C=O) groups excluding carboxylic acids is 1. The van der Waals surface area contributed by atoms with Gasteiger partial charge in [-0.1, -0.05) is 0 Å². The number of rotatable bonds is 4. The van der Waals surface area contributed by atoms with Crippen molar-refractivity contribution in [1.29, 1.82) is 0 Å². The first-order valence-electron chi connectivity index (χ1n) is 6.72. The van der Waals surface area contributed by atoms with Crippen LogP contribution in [0, 0.1) is 5.82 Å². The summed E-state index contributed by atoms with van der Waals surface area (Å²) in [7, 11) is 0. The van der Waals surface area contributed by atoms with Crippen LogP contribution < -0.4 is 0 Å². The lowest BCUT2D eigenvalue weighted by molar-refractivity contribution is -0.137. The zero-order valence-electron chi connectivity index (χ0n) is 11.1. The molecule has 1 atom stereocenters. The van der Waals surface area contributed by atoms with Crippen LogP contribution in [0.1, 0.15) is 42.5 Å². The third kappa shape index (κ3) is 3.31. The zero-order chi connectivity index (χ0) is 14.5. The SMILES string of the molecule is O=C(O)CC[C@H]1CCCCN1C(=O)c1ccncc1F. The maximum Gasteiger partial charge on any atom is 0.303 e. The van der Waals surface area contributed by atoms with Crippen LogP contribution in [0.3, 0.4) is 0 Å². The number of aromatic nitrogens is 1. The third-order valence-electron chi connectivity index (χ3n) is 3.58. The number of pyridine rings is 1. The summed E-state index contributed by atoms with van der Waals surface area (Å²) in [6.45, 7) is 0.547. The second-order valence-corrected chi connectivity index (χ2v) is 4.94. The number of aliphatic carboxylic acids is 1. The van der Waals surface area contributed by atoms with Crippen LogP contribution in [0.25, 0.3) is 0 Å². The van der Waals surface area contributed by atoms with Gasteiger partial charge in [-0.15, -0.1) is 0 Å². The van der Waals surface area contributed by atoms with E-state index in [0.717, 1.165) is 25.5 Å². The first kappa shape index (κ1) is 14.4. The topological polar surface area (TPSA) is 70.5 Å². The molecule has 0 aliphatic carbocycles. The maximum absolute atomic E-state index is 13.6. The fourth-order valence-corrected chi connectivity index (χ4v) is 2.56. The molecule has 1 aromatic rings. The molecule has 2 rings (SSSR count). The molecule has 1 N–H and O–H groups in total. The summed E-state index contributed by atoms with van der Waals surface area (Å²) in [5, 5.41) is 8.76. The molecule has 0 unspecified atom stereocenters. The van der Waals surface area contributed by atoms with Gasteiger partial charge in [-0.25, -0.2) is 4.39 Å². The Morgan fingerprint density at radius 3 is 2.95 bits per heavy atom. The van der Waals surface area contributed by atoms with Gasteiger partial charge < -0.3 is 10.0 Å². The predicted octanol–water partition coefficient (Wildman–Crippen LogP) is 2.08. The number of hydrogen-bond donors (Lipinski definition) is 1. The average Bonchev–Trinajstić information content (AvgIpc) is 2.45. The number of nitrogens with zero attached hydrogens (tertiary/aromatic N) is 2. The molecule has 0 bridgehead atoms. The fraction of sp³-hybridized carbons (Fsp3) is 0.500. The summed E-state index contributed by atoms with van der Waals surface area (Å²) in [6.07, 6.45) is 5.43. The van der Waals surface area contributed by atoms with Crippen LogP contribution >= 0.6 is 0 Å². The van der Waals surface area contributed by atoms with Crippen LogP contribution in [-0.4, -0.2) is 39.5 Å². The van der Waals surface area contributed by atoms with E-state index in [-0.39, 0.29) is 23.9 Å². The van der Waals surface area contributed by atoms with Crippen molar-refractivity contribution in [2.24, 2.45) is 0 Å². The van der Waals surface area contributed by atoms with E-state index >= 15 is 0 Å². The van der Waals surface area contributed by atoms with Gasteiger partial charge in [-0.3, -0.25) is 14.6 Å². The molecule has 108 valence electrons. The molecule has 0 spiro atoms. The number of likely N-dealkylation sites (tertiary alicyclic amines) is 1. The molecule has 5 nitrogen and oxygen atoms in total. The molecule has 0 radical (unpaired) electrons. The monoisotopic (exact) mass is 280 g/mol. The van der Waals surface area contributed by atoms with Crippen molar-refractivity contribution in [1.82, 2.24) is 9.88 Å². The molecule has 1 amide bonds. The normalized spacial score (nSPS) is 18.9. The maximum atomic E-state index is 13.6. The summed E-state index contributed by atoms with van der Waals surface area (Å²) in [5.74, 6) is -1.89. The summed E-state index contributed by atoms with van der Waals surface area (Å²) in [5.41, 5.74) is 0.00206. The first-order valence-corrected chi connectivity index (χ1v) is 6.72. The highest BCUT2D eigenvalue weighted by molar-refractivity contribution is 5.94. The van der Waals surface area contributed by atoms with Crippen LogP contribution in [0.2, 0.25) is 0 Å². The van der Waals surface area contributed by atoms with E-state index in [2.05, 4.69) is 4.98 Å². The Morgan fingerprint density at radius 1 is 1.45 bits per heavy atom. The number of piperidine rings is 1. The number of amides is 1. The molecule has 1 fully saturated rings. The van der Waals surface area contributed by atoms with Gasteiger partial charge in [0.15, 0.2) is 5.82 Å². The molecule has 1 aliphatic rings. The van der Waals surface area contributed by atoms with Crippen LogP contribution in [0.5, 0.6) is 0 Å². The predicted molar refractivity (Wildman–Crippen MR) is 69.7 cm³/mol. The fourth-order valence-electron chi connectivity index (χ4n) is 2.56. The van der Waals surface area contributed by atoms with E-state index in [9.17, 15) is 14.0 Å². The molecular weight excluding hydrogens is 263 g/mol. The quantitative estimate of drug-likeness (QED) is 0.916. The lowest BCUT2D eigenvalue weighted by Gasteiger charge is -2.35. The standard InChI is InChI=1S/C14H17FN2O3/c15-12-9-16-7-6-11(12)14(20)17-8-2-1-3-10(17)4-5-13(18)19/h6-7,9-10H,1-5,8H2,(H,18,19)/t10-/m1/s1. The van der Waals surface area contributed by atoms with Gasteiger partial charge in [0.1, 0.15) is 0 Å². The van der Waals surface area contributed by atoms with Crippen LogP contribution in [0.15, 0.2) is 18.5 Å². The smallest absolute Gasteiger partial charge is 0.303 e. The summed E-state index contributed by atoms with van der Waals surface area (Å²) in [4.78, 5) is 28.3. The summed E-state index contributed by atoms with van der Waals surface area (Å²) >= 11 is 0. The molecular formula is C14H17FN2O3. The van der Waals surface area contributed by atoms with E-state index in [1.807, 2.05) is 0 Å². The van der Waals surface area contributed by atoms with Gasteiger partial charge in [0.05, 0.1) is 11.8 Å². The average molecular weight is 280 g/mol. The molecule has 1 saturated heterocycles. The third-order valence-corrected chi connectivity index (χ3v) is 3.58. The van der Waals surface area contributed by atoms with Gasteiger partial charge in [0.25, 0.3) is 5.91 Å². The Morgan fingerprint density at radius 2 is 2.25 bits per heavy atom. The van der Waals surface area contributed by atoms with E-state index in [0.29, 0.717) is 13.0 Å². The summed E-state index contributed by atoms with van der Waals surface area (Å²) in [6, 6.07) is 1.24. The highest BCUT2D eigenvalue weighted by Crippen LogP contribution is 2.23. The van der Waals surface area contributed by atoms with Crippen molar-refractivity contribution >= 4 is 11.9 Å². The van der Waals surface area contributed by atoms with Gasteiger partial charge >= 0.3 is 5.97 Å². The number of hydrogen-bond acceptors (Lipinski definition) is 3. The Labute approximate surface area is 116 Å². The minimum atomic E-state index is -0.877. The van der Waals surface area contributed by atoms with E-state index in [4.69, 9.17) is 5.11 Å². The molecule has 0 aromatic carbocycles. The summed E-state index contributed by atoms with van der Waals surface area (Å²) < 4.78 is 13.6. The molecule has 2 heterocycles. The van der Waals surface area contributed by atoms with Crippen molar-refractivity contribution in [3.8, 4) is 0 Å². The molecule has 0 saturated carbocycles. The molecule has 1 aliphatic heterocycles. The van der Waals surface area contributed by atoms with Crippen LogP contribution in [-0.2, 0) is 4.79 Å². The second-order valence-electron chi connectivity index (χ2n) is 4.94. The van der Waals surface area contributed by atoms with Gasteiger partial charge in [-0.2, -0.15) is 0 Å². The number of carboxylic acids is 1. The van der Waals surface area contributed by atoms with Crippen molar-refractivity contribution in [2.75, 3.05) is 6.54 Å². The highest BCUT2D eigenvalue weighted by atomic mass is 19.1. The first-order chi connectivity index (χ1) is 9.59. The van der Waals surface area contributed by atoms with Gasteiger partial charge in [-0.05, 0) is 31.7 Å². The Balaban J connectivity index is 2.13. The van der Waals surface area contributed by atoms with Gasteiger partial charge in [0, 0.05) is 25.2 Å². The largest absolute Gasteiger partial charge is 0.481 e. The lowest BCUT2D eigenvalue weighted by atomic mass is 9.97. The van der Waals surface area contributed by atoms with Crippen LogP contribution in [0.4, 0.5) is 4.39 Å². The molecule has 20 heavy (non-hydrogen) atoms. The van der Waals surface area contributed by atoms with E-state index < -0.39 is 11.8 Å². The van der Waals surface area contributed by atoms with Crippen molar-refractivity contribution in [3.05, 3.63) is 29.8 Å².